The van der Waals surface area contributed by atoms with E-state index in [4.69, 9.17) is 28.2 Å². The Hall–Kier alpha value is -2.30. The van der Waals surface area contributed by atoms with E-state index in [0.717, 1.165) is 29.8 Å². The third kappa shape index (κ3) is 2.83. The maximum Gasteiger partial charge on any atom is 0.275 e. The standard InChI is InChI=1S/C22H19Cl2N3O/c23-14-9-11-16(12-10-14)27-19-13-26(15-5-1-2-6-15)22(28)20(19)25-21(27)17-7-3-4-8-18(17)24/h3-4,7-12,15H,1-2,5-6,13H2. The van der Waals surface area contributed by atoms with Crippen molar-refractivity contribution in [1.82, 2.24) is 14.5 Å². The van der Waals surface area contributed by atoms with Crippen LogP contribution in [0, 0.1) is 0 Å². The fraction of sp³-hybridized carbons (Fsp3) is 0.273. The monoisotopic (exact) mass is 411 g/mol. The van der Waals surface area contributed by atoms with Crippen molar-refractivity contribution in [3.05, 3.63) is 70.0 Å². The average Bonchev–Trinajstić information content (AvgIpc) is 3.40. The molecule has 0 radical (unpaired) electrons. The highest BCUT2D eigenvalue weighted by molar-refractivity contribution is 6.33. The van der Waals surface area contributed by atoms with Crippen LogP contribution in [-0.4, -0.2) is 26.4 Å². The Bertz CT molecular complexity index is 1050. The van der Waals surface area contributed by atoms with Gasteiger partial charge in [-0.05, 0) is 49.2 Å². The first-order valence-corrected chi connectivity index (χ1v) is 10.3. The Morgan fingerprint density at radius 2 is 1.68 bits per heavy atom. The van der Waals surface area contributed by atoms with Crippen LogP contribution in [0.5, 0.6) is 0 Å². The molecule has 142 valence electrons. The molecule has 3 aromatic rings. The average molecular weight is 412 g/mol. The lowest BCUT2D eigenvalue weighted by atomic mass is 10.2. The lowest BCUT2D eigenvalue weighted by Crippen LogP contribution is -2.34. The molecule has 5 rings (SSSR count). The molecule has 0 N–H and O–H groups in total. The van der Waals surface area contributed by atoms with Crippen LogP contribution in [0.2, 0.25) is 10.0 Å². The van der Waals surface area contributed by atoms with E-state index in [9.17, 15) is 4.79 Å². The lowest BCUT2D eigenvalue weighted by Gasteiger charge is -2.24. The van der Waals surface area contributed by atoms with E-state index in [2.05, 4.69) is 4.57 Å². The molecule has 1 amide bonds. The van der Waals surface area contributed by atoms with Crippen LogP contribution >= 0.6 is 23.2 Å². The third-order valence-electron chi connectivity index (χ3n) is 5.72. The van der Waals surface area contributed by atoms with Crippen LogP contribution in [-0.2, 0) is 6.54 Å². The van der Waals surface area contributed by atoms with E-state index in [0.29, 0.717) is 34.2 Å². The summed E-state index contributed by atoms with van der Waals surface area (Å²) < 4.78 is 2.06. The number of hydrogen-bond acceptors (Lipinski definition) is 2. The second-order valence-electron chi connectivity index (χ2n) is 7.39. The zero-order valence-electron chi connectivity index (χ0n) is 15.2. The summed E-state index contributed by atoms with van der Waals surface area (Å²) in [6, 6.07) is 15.5. The number of imidazole rings is 1. The lowest BCUT2D eigenvalue weighted by molar-refractivity contribution is 0.0700. The van der Waals surface area contributed by atoms with Crippen molar-refractivity contribution in [3.8, 4) is 17.1 Å². The molecule has 2 heterocycles. The largest absolute Gasteiger partial charge is 0.328 e. The molecule has 0 saturated heterocycles. The van der Waals surface area contributed by atoms with Gasteiger partial charge in [-0.15, -0.1) is 0 Å². The Morgan fingerprint density at radius 3 is 2.39 bits per heavy atom. The van der Waals surface area contributed by atoms with Crippen LogP contribution < -0.4 is 0 Å². The molecule has 4 nitrogen and oxygen atoms in total. The predicted octanol–water partition coefficient (Wildman–Crippen LogP) is 5.74. The maximum atomic E-state index is 13.1. The summed E-state index contributed by atoms with van der Waals surface area (Å²) in [5, 5.41) is 1.28. The van der Waals surface area contributed by atoms with Crippen molar-refractivity contribution in [2.75, 3.05) is 0 Å². The van der Waals surface area contributed by atoms with Gasteiger partial charge in [0, 0.05) is 22.3 Å². The molecule has 0 atom stereocenters. The van der Waals surface area contributed by atoms with Crippen molar-refractivity contribution >= 4 is 29.1 Å². The first-order chi connectivity index (χ1) is 13.6. The molecule has 6 heteroatoms. The molecule has 1 fully saturated rings. The number of carbonyl (C=O) groups excluding carboxylic acids is 1. The van der Waals surface area contributed by atoms with Crippen molar-refractivity contribution < 1.29 is 4.79 Å². The normalized spacial score (nSPS) is 16.8. The van der Waals surface area contributed by atoms with Gasteiger partial charge in [0.2, 0.25) is 0 Å². The fourth-order valence-electron chi connectivity index (χ4n) is 4.34. The summed E-state index contributed by atoms with van der Waals surface area (Å²) in [6.45, 7) is 0.582. The van der Waals surface area contributed by atoms with Gasteiger partial charge in [-0.25, -0.2) is 4.98 Å². The highest BCUT2D eigenvalue weighted by Gasteiger charge is 2.39. The van der Waals surface area contributed by atoms with Gasteiger partial charge < -0.3 is 4.90 Å². The number of aromatic nitrogens is 2. The van der Waals surface area contributed by atoms with Gasteiger partial charge in [0.05, 0.1) is 17.3 Å². The number of halogens is 2. The van der Waals surface area contributed by atoms with Gasteiger partial charge in [-0.2, -0.15) is 0 Å². The summed E-state index contributed by atoms with van der Waals surface area (Å²) in [5.41, 5.74) is 3.20. The van der Waals surface area contributed by atoms with Crippen LogP contribution in [0.3, 0.4) is 0 Å². The van der Waals surface area contributed by atoms with Crippen molar-refractivity contribution in [2.45, 2.75) is 38.3 Å². The first-order valence-electron chi connectivity index (χ1n) is 9.57. The van der Waals surface area contributed by atoms with Gasteiger partial charge in [-0.3, -0.25) is 9.36 Å². The van der Waals surface area contributed by atoms with Gasteiger partial charge in [0.25, 0.3) is 5.91 Å². The molecule has 28 heavy (non-hydrogen) atoms. The van der Waals surface area contributed by atoms with Crippen molar-refractivity contribution in [1.29, 1.82) is 0 Å². The van der Waals surface area contributed by atoms with Crippen LogP contribution in [0.25, 0.3) is 17.1 Å². The van der Waals surface area contributed by atoms with Crippen LogP contribution in [0.4, 0.5) is 0 Å². The minimum atomic E-state index is 0.0305. The van der Waals surface area contributed by atoms with E-state index < -0.39 is 0 Å². The molecule has 0 spiro atoms. The number of benzene rings is 2. The highest BCUT2D eigenvalue weighted by Crippen LogP contribution is 2.37. The fourth-order valence-corrected chi connectivity index (χ4v) is 4.69. The quantitative estimate of drug-likeness (QED) is 0.550. The Balaban J connectivity index is 1.67. The number of carbonyl (C=O) groups is 1. The van der Waals surface area contributed by atoms with E-state index >= 15 is 0 Å². The molecular formula is C22H19Cl2N3O. The van der Waals surface area contributed by atoms with Crippen LogP contribution in [0.1, 0.15) is 41.9 Å². The summed E-state index contributed by atoms with van der Waals surface area (Å²) in [7, 11) is 0. The minimum Gasteiger partial charge on any atom is -0.328 e. The van der Waals surface area contributed by atoms with Gasteiger partial charge in [-0.1, -0.05) is 48.2 Å². The molecule has 1 aliphatic carbocycles. The van der Waals surface area contributed by atoms with Gasteiger partial charge in [0.1, 0.15) is 5.82 Å². The molecule has 2 aromatic carbocycles. The molecule has 1 saturated carbocycles. The van der Waals surface area contributed by atoms with Crippen molar-refractivity contribution in [3.63, 3.8) is 0 Å². The number of hydrogen-bond donors (Lipinski definition) is 0. The zero-order valence-corrected chi connectivity index (χ0v) is 16.7. The topological polar surface area (TPSA) is 38.1 Å². The van der Waals surface area contributed by atoms with Gasteiger partial charge in [0.15, 0.2) is 5.69 Å². The van der Waals surface area contributed by atoms with Crippen LogP contribution in [0.15, 0.2) is 48.5 Å². The zero-order chi connectivity index (χ0) is 19.3. The van der Waals surface area contributed by atoms with Crippen molar-refractivity contribution in [2.24, 2.45) is 0 Å². The summed E-state index contributed by atoms with van der Waals surface area (Å²) in [6.07, 6.45) is 4.53. The van der Waals surface area contributed by atoms with Gasteiger partial charge >= 0.3 is 0 Å². The molecule has 0 bridgehead atoms. The summed E-state index contributed by atoms with van der Waals surface area (Å²) >= 11 is 12.6. The number of rotatable bonds is 3. The number of amides is 1. The molecule has 2 aliphatic rings. The second-order valence-corrected chi connectivity index (χ2v) is 8.24. The Labute approximate surface area is 173 Å². The Kier molecular flexibility index (Phi) is 4.41. The summed E-state index contributed by atoms with van der Waals surface area (Å²) in [5.74, 6) is 0.722. The highest BCUT2D eigenvalue weighted by atomic mass is 35.5. The predicted molar refractivity (Wildman–Crippen MR) is 111 cm³/mol. The SMILES string of the molecule is O=C1c2nc(-c3ccccc3Cl)n(-c3ccc(Cl)cc3)c2CN1C1CCCC1. The molecule has 1 aliphatic heterocycles. The smallest absolute Gasteiger partial charge is 0.275 e. The molecular weight excluding hydrogens is 393 g/mol. The summed E-state index contributed by atoms with van der Waals surface area (Å²) in [4.78, 5) is 19.9. The van der Waals surface area contributed by atoms with E-state index in [1.165, 1.54) is 12.8 Å². The number of fused-ring (bicyclic) bond motifs is 1. The maximum absolute atomic E-state index is 13.1. The van der Waals surface area contributed by atoms with E-state index in [-0.39, 0.29) is 5.91 Å². The number of nitrogens with zero attached hydrogens (tertiary/aromatic N) is 3. The molecule has 1 aromatic heterocycles. The molecule has 0 unspecified atom stereocenters. The Morgan fingerprint density at radius 1 is 0.964 bits per heavy atom. The second kappa shape index (κ2) is 6.94. The van der Waals surface area contributed by atoms with E-state index in [1.54, 1.807) is 0 Å². The first kappa shape index (κ1) is 17.8. The minimum absolute atomic E-state index is 0.0305. The third-order valence-corrected chi connectivity index (χ3v) is 6.30. The van der Waals surface area contributed by atoms with E-state index in [1.807, 2.05) is 53.4 Å².